The molecule has 1 fully saturated rings. The molecular weight excluding hydrogens is 429 g/mol. The molecule has 0 bridgehead atoms. The maximum absolute atomic E-state index is 12.6. The van der Waals surface area contributed by atoms with Crippen LogP contribution in [0.3, 0.4) is 0 Å². The Hall–Kier alpha value is -2.33. The van der Waals surface area contributed by atoms with E-state index in [4.69, 9.17) is 27.9 Å². The molecule has 162 valence electrons. The first-order valence-corrected chi connectivity index (χ1v) is 10.3. The van der Waals surface area contributed by atoms with E-state index in [2.05, 4.69) is 30.8 Å². The quantitative estimate of drug-likeness (QED) is 0.591. The van der Waals surface area contributed by atoms with E-state index in [0.29, 0.717) is 66.0 Å². The van der Waals surface area contributed by atoms with Gasteiger partial charge in [0, 0.05) is 31.9 Å². The summed E-state index contributed by atoms with van der Waals surface area (Å²) in [5.74, 6) is 0.890. The topological polar surface area (TPSA) is 94.7 Å². The summed E-state index contributed by atoms with van der Waals surface area (Å²) >= 11 is 12.0. The van der Waals surface area contributed by atoms with E-state index in [-0.39, 0.29) is 6.03 Å². The minimum absolute atomic E-state index is 0.206. The predicted octanol–water partition coefficient (Wildman–Crippen LogP) is 3.36. The van der Waals surface area contributed by atoms with Crippen LogP contribution in [0.15, 0.2) is 24.4 Å². The van der Waals surface area contributed by atoms with Gasteiger partial charge in [-0.1, -0.05) is 23.2 Å². The first-order valence-electron chi connectivity index (χ1n) is 9.54. The number of halogens is 2. The molecule has 2 heterocycles. The molecule has 1 saturated heterocycles. The van der Waals surface area contributed by atoms with E-state index in [1.165, 1.54) is 0 Å². The van der Waals surface area contributed by atoms with Crippen LogP contribution >= 0.6 is 23.2 Å². The number of rotatable bonds is 7. The molecule has 1 aromatic carbocycles. The smallest absolute Gasteiger partial charge is 0.322 e. The Morgan fingerprint density at radius 1 is 1.23 bits per heavy atom. The molecule has 11 heteroatoms. The summed E-state index contributed by atoms with van der Waals surface area (Å²) in [4.78, 5) is 25.2. The van der Waals surface area contributed by atoms with Crippen molar-refractivity contribution < 1.29 is 9.53 Å². The average Bonchev–Trinajstić information content (AvgIpc) is 2.73. The fourth-order valence-corrected chi connectivity index (χ4v) is 3.03. The lowest BCUT2D eigenvalue weighted by molar-refractivity contribution is 0.0564. The van der Waals surface area contributed by atoms with Crippen LogP contribution < -0.4 is 16.0 Å². The standard InChI is InChI=1S/C19H25Cl2N7O2/c1-27(2)6-5-22-17-16(25-19(29)28-7-9-30-10-8-28)12-23-18(26-17)24-13-3-4-14(20)15(21)11-13/h3-4,11-12H,5-10H2,1-2H3,(H,25,29)(H2,22,23,24,26). The fraction of sp³-hybridized carbons (Fsp3) is 0.421. The van der Waals surface area contributed by atoms with E-state index in [0.717, 1.165) is 6.54 Å². The summed E-state index contributed by atoms with van der Waals surface area (Å²) in [6.07, 6.45) is 1.57. The third-order valence-electron chi connectivity index (χ3n) is 4.36. The van der Waals surface area contributed by atoms with E-state index in [1.54, 1.807) is 29.3 Å². The summed E-state index contributed by atoms with van der Waals surface area (Å²) in [6.45, 7) is 3.61. The van der Waals surface area contributed by atoms with Gasteiger partial charge in [-0.15, -0.1) is 0 Å². The van der Waals surface area contributed by atoms with Gasteiger partial charge in [0.2, 0.25) is 5.95 Å². The minimum atomic E-state index is -0.206. The molecule has 0 spiro atoms. The molecule has 3 rings (SSSR count). The molecule has 0 saturated carbocycles. The summed E-state index contributed by atoms with van der Waals surface area (Å²) in [6, 6.07) is 4.97. The third-order valence-corrected chi connectivity index (χ3v) is 5.09. The van der Waals surface area contributed by atoms with Crippen LogP contribution in [0.5, 0.6) is 0 Å². The average molecular weight is 454 g/mol. The SMILES string of the molecule is CN(C)CCNc1nc(Nc2ccc(Cl)c(Cl)c2)ncc1NC(=O)N1CCOCC1. The van der Waals surface area contributed by atoms with Gasteiger partial charge in [0.05, 0.1) is 29.5 Å². The van der Waals surface area contributed by atoms with Gasteiger partial charge in [-0.3, -0.25) is 0 Å². The molecule has 0 atom stereocenters. The molecule has 2 aromatic rings. The maximum atomic E-state index is 12.6. The second-order valence-corrected chi connectivity index (χ2v) is 7.78. The summed E-state index contributed by atoms with van der Waals surface area (Å²) in [5, 5.41) is 10.2. The zero-order chi connectivity index (χ0) is 21.5. The van der Waals surface area contributed by atoms with Gasteiger partial charge in [0.25, 0.3) is 0 Å². The number of nitrogens with zero attached hydrogens (tertiary/aromatic N) is 4. The number of amides is 2. The highest BCUT2D eigenvalue weighted by Crippen LogP contribution is 2.27. The minimum Gasteiger partial charge on any atom is -0.378 e. The molecule has 9 nitrogen and oxygen atoms in total. The highest BCUT2D eigenvalue weighted by Gasteiger charge is 2.19. The number of carbonyl (C=O) groups is 1. The number of carbonyl (C=O) groups excluding carboxylic acids is 1. The monoisotopic (exact) mass is 453 g/mol. The highest BCUT2D eigenvalue weighted by atomic mass is 35.5. The zero-order valence-electron chi connectivity index (χ0n) is 16.9. The number of anilines is 4. The fourth-order valence-electron chi connectivity index (χ4n) is 2.73. The first kappa shape index (κ1) is 22.4. The van der Waals surface area contributed by atoms with Gasteiger partial charge in [-0.2, -0.15) is 4.98 Å². The van der Waals surface area contributed by atoms with E-state index < -0.39 is 0 Å². The molecule has 1 aliphatic heterocycles. The molecule has 30 heavy (non-hydrogen) atoms. The molecule has 3 N–H and O–H groups in total. The van der Waals surface area contributed by atoms with Crippen molar-refractivity contribution in [2.45, 2.75) is 0 Å². The van der Waals surface area contributed by atoms with Crippen molar-refractivity contribution >= 4 is 52.4 Å². The highest BCUT2D eigenvalue weighted by molar-refractivity contribution is 6.42. The van der Waals surface area contributed by atoms with Crippen molar-refractivity contribution in [3.8, 4) is 0 Å². The molecule has 1 aliphatic rings. The first-order chi connectivity index (χ1) is 14.4. The molecule has 0 radical (unpaired) electrons. The number of nitrogens with one attached hydrogen (secondary N) is 3. The number of aromatic nitrogens is 2. The Balaban J connectivity index is 1.76. The van der Waals surface area contributed by atoms with Crippen molar-refractivity contribution in [1.82, 2.24) is 19.8 Å². The normalized spacial score (nSPS) is 14.0. The van der Waals surface area contributed by atoms with Gasteiger partial charge in [-0.05, 0) is 32.3 Å². The maximum Gasteiger partial charge on any atom is 0.322 e. The van der Waals surface area contributed by atoms with Crippen molar-refractivity contribution in [3.63, 3.8) is 0 Å². The Bertz CT molecular complexity index is 876. The van der Waals surface area contributed by atoms with Crippen molar-refractivity contribution in [3.05, 3.63) is 34.4 Å². The van der Waals surface area contributed by atoms with Crippen LogP contribution in [-0.4, -0.2) is 79.3 Å². The van der Waals surface area contributed by atoms with Crippen molar-refractivity contribution in [2.75, 3.05) is 69.4 Å². The lowest BCUT2D eigenvalue weighted by Crippen LogP contribution is -2.43. The van der Waals surface area contributed by atoms with Gasteiger partial charge in [-0.25, -0.2) is 9.78 Å². The lowest BCUT2D eigenvalue weighted by Gasteiger charge is -2.27. The summed E-state index contributed by atoms with van der Waals surface area (Å²) in [7, 11) is 3.97. The predicted molar refractivity (Wildman–Crippen MR) is 120 cm³/mol. The Morgan fingerprint density at radius 2 is 2.00 bits per heavy atom. The molecule has 0 unspecified atom stereocenters. The summed E-state index contributed by atoms with van der Waals surface area (Å²) in [5.41, 5.74) is 1.21. The number of ether oxygens (including phenoxy) is 1. The summed E-state index contributed by atoms with van der Waals surface area (Å²) < 4.78 is 5.30. The van der Waals surface area contributed by atoms with E-state index in [9.17, 15) is 4.79 Å². The third kappa shape index (κ3) is 6.33. The van der Waals surface area contributed by atoms with Crippen LogP contribution in [0.25, 0.3) is 0 Å². The van der Waals surface area contributed by atoms with Crippen LogP contribution in [-0.2, 0) is 4.74 Å². The number of urea groups is 1. The number of likely N-dealkylation sites (N-methyl/N-ethyl adjacent to an activating group) is 1. The second kappa shape index (κ2) is 10.6. The molecule has 1 aromatic heterocycles. The van der Waals surface area contributed by atoms with Crippen LogP contribution in [0.2, 0.25) is 10.0 Å². The van der Waals surface area contributed by atoms with Crippen LogP contribution in [0, 0.1) is 0 Å². The van der Waals surface area contributed by atoms with Gasteiger partial charge >= 0.3 is 6.03 Å². The number of hydrogen-bond donors (Lipinski definition) is 3. The lowest BCUT2D eigenvalue weighted by atomic mass is 10.3. The van der Waals surface area contributed by atoms with Gasteiger partial charge < -0.3 is 30.5 Å². The van der Waals surface area contributed by atoms with Crippen molar-refractivity contribution in [2.24, 2.45) is 0 Å². The molecule has 2 amide bonds. The number of benzene rings is 1. The number of hydrogen-bond acceptors (Lipinski definition) is 7. The van der Waals surface area contributed by atoms with Crippen LogP contribution in [0.4, 0.5) is 27.9 Å². The zero-order valence-corrected chi connectivity index (χ0v) is 18.4. The van der Waals surface area contributed by atoms with Crippen molar-refractivity contribution in [1.29, 1.82) is 0 Å². The van der Waals surface area contributed by atoms with E-state index in [1.807, 2.05) is 14.1 Å². The van der Waals surface area contributed by atoms with Gasteiger partial charge in [0.15, 0.2) is 5.82 Å². The molecular formula is C19H25Cl2N7O2. The van der Waals surface area contributed by atoms with E-state index >= 15 is 0 Å². The van der Waals surface area contributed by atoms with Crippen LogP contribution in [0.1, 0.15) is 0 Å². The Kier molecular flexibility index (Phi) is 7.92. The molecule has 0 aliphatic carbocycles. The second-order valence-electron chi connectivity index (χ2n) is 6.97. The Morgan fingerprint density at radius 3 is 2.70 bits per heavy atom. The number of morpholine rings is 1. The largest absolute Gasteiger partial charge is 0.378 e. The van der Waals surface area contributed by atoms with Gasteiger partial charge in [0.1, 0.15) is 5.69 Å². The Labute approximate surface area is 185 Å².